The lowest BCUT2D eigenvalue weighted by Gasteiger charge is -2.15. The van der Waals surface area contributed by atoms with Crippen LogP contribution in [0.2, 0.25) is 0 Å². The molecular formula is C14H8Br2ClFN2O. The van der Waals surface area contributed by atoms with Crippen molar-refractivity contribution in [2.24, 2.45) is 0 Å². The molecule has 2 aromatic carbocycles. The van der Waals surface area contributed by atoms with Crippen LogP contribution in [-0.2, 0) is 0 Å². The standard InChI is InChI=1S/C14H8Br2ClFN2O/c15-7-2-1-3-9(18)12(7)13(17)6-4-10-11(5-8(6)16)20-14(21)19-10/h1-5,13H,(H2,19,20,21). The summed E-state index contributed by atoms with van der Waals surface area (Å²) >= 11 is 13.2. The number of hydrogen-bond acceptors (Lipinski definition) is 1. The number of imidazole rings is 1. The van der Waals surface area contributed by atoms with Crippen LogP contribution >= 0.6 is 43.5 Å². The molecule has 3 rings (SSSR count). The minimum atomic E-state index is -0.697. The minimum Gasteiger partial charge on any atom is -0.306 e. The number of hydrogen-bond donors (Lipinski definition) is 2. The van der Waals surface area contributed by atoms with Crippen molar-refractivity contribution in [3.63, 3.8) is 0 Å². The molecule has 7 heteroatoms. The molecule has 0 aliphatic rings. The first-order valence-corrected chi connectivity index (χ1v) is 7.99. The van der Waals surface area contributed by atoms with Gasteiger partial charge in [-0.3, -0.25) is 0 Å². The Bertz CT molecular complexity index is 870. The molecule has 0 bridgehead atoms. The van der Waals surface area contributed by atoms with Gasteiger partial charge >= 0.3 is 5.69 Å². The number of nitrogens with one attached hydrogen (secondary N) is 2. The SMILES string of the molecule is O=c1[nH]c2cc(Br)c(C(Cl)c3c(F)cccc3Br)cc2[nH]1. The van der Waals surface area contributed by atoms with E-state index >= 15 is 0 Å². The first-order valence-electron chi connectivity index (χ1n) is 5.97. The first-order chi connectivity index (χ1) is 9.97. The maximum Gasteiger partial charge on any atom is 0.323 e. The summed E-state index contributed by atoms with van der Waals surface area (Å²) < 4.78 is 15.3. The number of benzene rings is 2. The zero-order chi connectivity index (χ0) is 15.1. The number of halogens is 4. The molecule has 0 spiro atoms. The molecule has 1 heterocycles. The Hall–Kier alpha value is -1.11. The van der Waals surface area contributed by atoms with Gasteiger partial charge in [0.05, 0.1) is 16.4 Å². The molecule has 21 heavy (non-hydrogen) atoms. The van der Waals surface area contributed by atoms with Crippen molar-refractivity contribution in [2.45, 2.75) is 5.38 Å². The summed E-state index contributed by atoms with van der Waals surface area (Å²) in [5.74, 6) is -0.390. The van der Waals surface area contributed by atoms with E-state index in [9.17, 15) is 9.18 Å². The molecule has 1 unspecified atom stereocenters. The Kier molecular flexibility index (Phi) is 3.94. The highest BCUT2D eigenvalue weighted by Crippen LogP contribution is 2.39. The topological polar surface area (TPSA) is 48.6 Å². The van der Waals surface area contributed by atoms with E-state index in [1.54, 1.807) is 24.3 Å². The molecule has 0 saturated carbocycles. The van der Waals surface area contributed by atoms with E-state index in [4.69, 9.17) is 11.6 Å². The smallest absolute Gasteiger partial charge is 0.306 e. The summed E-state index contributed by atoms with van der Waals surface area (Å²) in [6.45, 7) is 0. The van der Waals surface area contributed by atoms with Gasteiger partial charge in [-0.05, 0) is 29.8 Å². The Morgan fingerprint density at radius 2 is 1.76 bits per heavy atom. The predicted octanol–water partition coefficient (Wildman–Crippen LogP) is 4.85. The quantitative estimate of drug-likeness (QED) is 0.557. The summed E-state index contributed by atoms with van der Waals surface area (Å²) in [7, 11) is 0. The number of H-pyrrole nitrogens is 2. The Morgan fingerprint density at radius 3 is 2.43 bits per heavy atom. The van der Waals surface area contributed by atoms with Crippen LogP contribution in [-0.4, -0.2) is 9.97 Å². The summed E-state index contributed by atoms with van der Waals surface area (Å²) in [6.07, 6.45) is 0. The van der Waals surface area contributed by atoms with Gasteiger partial charge in [0.2, 0.25) is 0 Å². The fraction of sp³-hybridized carbons (Fsp3) is 0.0714. The summed E-state index contributed by atoms with van der Waals surface area (Å²) in [5, 5.41) is -0.697. The molecule has 3 aromatic rings. The molecule has 1 aromatic heterocycles. The highest BCUT2D eigenvalue weighted by atomic mass is 79.9. The molecule has 2 N–H and O–H groups in total. The van der Waals surface area contributed by atoms with E-state index in [1.807, 2.05) is 0 Å². The van der Waals surface area contributed by atoms with Gasteiger partial charge in [0.25, 0.3) is 0 Å². The first kappa shape index (κ1) is 14.8. The molecular weight excluding hydrogens is 426 g/mol. The Balaban J connectivity index is 2.19. The second-order valence-corrected chi connectivity index (χ2v) is 6.64. The molecule has 108 valence electrons. The molecule has 3 nitrogen and oxygen atoms in total. The van der Waals surface area contributed by atoms with Crippen LogP contribution in [0.15, 0.2) is 44.1 Å². The van der Waals surface area contributed by atoms with Crippen molar-refractivity contribution in [1.82, 2.24) is 9.97 Å². The van der Waals surface area contributed by atoms with E-state index in [0.29, 0.717) is 31.1 Å². The third-order valence-corrected chi connectivity index (χ3v) is 4.99. The number of aromatic amines is 2. The minimum absolute atomic E-state index is 0.299. The zero-order valence-electron chi connectivity index (χ0n) is 10.4. The van der Waals surface area contributed by atoms with Crippen LogP contribution in [0.25, 0.3) is 11.0 Å². The van der Waals surface area contributed by atoms with Gasteiger partial charge in [-0.15, -0.1) is 11.6 Å². The lowest BCUT2D eigenvalue weighted by atomic mass is 10.0. The molecule has 0 aliphatic carbocycles. The van der Waals surface area contributed by atoms with Crippen molar-refractivity contribution < 1.29 is 4.39 Å². The van der Waals surface area contributed by atoms with Crippen LogP contribution in [0, 0.1) is 5.82 Å². The number of alkyl halides is 1. The van der Waals surface area contributed by atoms with Gasteiger partial charge in [0.15, 0.2) is 0 Å². The highest BCUT2D eigenvalue weighted by Gasteiger charge is 2.21. The van der Waals surface area contributed by atoms with Crippen molar-refractivity contribution in [3.8, 4) is 0 Å². The van der Waals surface area contributed by atoms with Crippen LogP contribution < -0.4 is 5.69 Å². The second kappa shape index (κ2) is 5.59. The van der Waals surface area contributed by atoms with E-state index in [-0.39, 0.29) is 11.5 Å². The maximum absolute atomic E-state index is 14.0. The van der Waals surface area contributed by atoms with E-state index in [1.165, 1.54) is 6.07 Å². The Morgan fingerprint density at radius 1 is 1.10 bits per heavy atom. The average molecular weight is 434 g/mol. The average Bonchev–Trinajstić information content (AvgIpc) is 2.76. The number of fused-ring (bicyclic) bond motifs is 1. The van der Waals surface area contributed by atoms with Gasteiger partial charge < -0.3 is 9.97 Å². The largest absolute Gasteiger partial charge is 0.323 e. The molecule has 1 atom stereocenters. The number of rotatable bonds is 2. The Labute approximate surface area is 140 Å². The molecule has 0 amide bonds. The van der Waals surface area contributed by atoms with Gasteiger partial charge in [0, 0.05) is 14.5 Å². The van der Waals surface area contributed by atoms with Crippen LogP contribution in [0.1, 0.15) is 16.5 Å². The van der Waals surface area contributed by atoms with Crippen molar-refractivity contribution in [2.75, 3.05) is 0 Å². The monoisotopic (exact) mass is 432 g/mol. The normalized spacial score (nSPS) is 12.8. The fourth-order valence-corrected chi connectivity index (χ4v) is 3.98. The molecule has 0 aliphatic heterocycles. The van der Waals surface area contributed by atoms with E-state index in [0.717, 1.165) is 0 Å². The van der Waals surface area contributed by atoms with Crippen molar-refractivity contribution >= 4 is 54.5 Å². The third-order valence-electron chi connectivity index (χ3n) is 3.16. The molecule has 0 radical (unpaired) electrons. The van der Waals surface area contributed by atoms with Gasteiger partial charge in [0.1, 0.15) is 5.82 Å². The fourth-order valence-electron chi connectivity index (χ4n) is 2.18. The zero-order valence-corrected chi connectivity index (χ0v) is 14.3. The summed E-state index contributed by atoms with van der Waals surface area (Å²) in [6, 6.07) is 8.17. The molecule has 0 fully saturated rings. The van der Waals surface area contributed by atoms with Gasteiger partial charge in [-0.1, -0.05) is 37.9 Å². The third kappa shape index (κ3) is 2.67. The van der Waals surface area contributed by atoms with Crippen LogP contribution in [0.4, 0.5) is 4.39 Å². The van der Waals surface area contributed by atoms with Crippen molar-refractivity contribution in [1.29, 1.82) is 0 Å². The van der Waals surface area contributed by atoms with E-state index in [2.05, 4.69) is 41.8 Å². The lowest BCUT2D eigenvalue weighted by Crippen LogP contribution is -2.00. The van der Waals surface area contributed by atoms with Crippen LogP contribution in [0.5, 0.6) is 0 Å². The highest BCUT2D eigenvalue weighted by molar-refractivity contribution is 9.10. The molecule has 0 saturated heterocycles. The van der Waals surface area contributed by atoms with Gasteiger partial charge in [-0.2, -0.15) is 0 Å². The maximum atomic E-state index is 14.0. The number of aromatic nitrogens is 2. The van der Waals surface area contributed by atoms with Crippen LogP contribution in [0.3, 0.4) is 0 Å². The van der Waals surface area contributed by atoms with Crippen molar-refractivity contribution in [3.05, 3.63) is 66.7 Å². The van der Waals surface area contributed by atoms with Gasteiger partial charge in [-0.25, -0.2) is 9.18 Å². The van der Waals surface area contributed by atoms with E-state index < -0.39 is 5.38 Å². The second-order valence-electron chi connectivity index (χ2n) is 4.50. The summed E-state index contributed by atoms with van der Waals surface area (Å²) in [5.41, 5.74) is 2.01. The lowest BCUT2D eigenvalue weighted by molar-refractivity contribution is 0.611. The summed E-state index contributed by atoms with van der Waals surface area (Å²) in [4.78, 5) is 16.7. The predicted molar refractivity (Wildman–Crippen MR) is 88.4 cm³/mol.